The first-order valence-corrected chi connectivity index (χ1v) is 33.7. The molecule has 452 valence electrons. The van der Waals surface area contributed by atoms with Crippen LogP contribution in [0.2, 0.25) is 0 Å². The summed E-state index contributed by atoms with van der Waals surface area (Å²) < 4.78 is 22.3. The number of hydrogen-bond donors (Lipinski definition) is 1. The van der Waals surface area contributed by atoms with Crippen molar-refractivity contribution in [3.05, 3.63) is 53.6 Å². The molecule has 79 heavy (non-hydrogen) atoms. The molecule has 2 atom stereocenters. The molecule has 0 bridgehead atoms. The maximum absolute atomic E-state index is 15.3. The number of ether oxygens (including phenoxy) is 4. The van der Waals surface area contributed by atoms with Crippen LogP contribution in [0.1, 0.15) is 307 Å². The molecule has 1 spiro atoms. The van der Waals surface area contributed by atoms with Gasteiger partial charge in [-0.25, -0.2) is 4.79 Å². The normalized spacial score (nSPS) is 22.1. The molecule has 2 aromatic carbocycles. The second-order valence-corrected chi connectivity index (χ2v) is 24.4. The summed E-state index contributed by atoms with van der Waals surface area (Å²) in [5.74, 6) is 2.44. The Morgan fingerprint density at radius 3 is 1.30 bits per heavy atom. The van der Waals surface area contributed by atoms with Crippen molar-refractivity contribution in [2.45, 2.75) is 302 Å². The van der Waals surface area contributed by atoms with Gasteiger partial charge in [0.1, 0.15) is 5.75 Å². The number of rotatable bonds is 11. The number of nitrogens with zero attached hydrogens (tertiary/aromatic N) is 2. The van der Waals surface area contributed by atoms with Gasteiger partial charge in [0.05, 0.1) is 39.4 Å². The summed E-state index contributed by atoms with van der Waals surface area (Å²) in [6.07, 6.45) is 58.2. The van der Waals surface area contributed by atoms with Crippen molar-refractivity contribution in [3.8, 4) is 17.2 Å². The number of amides is 2. The van der Waals surface area contributed by atoms with Crippen molar-refractivity contribution in [3.63, 3.8) is 0 Å². The minimum atomic E-state index is -0.456. The van der Waals surface area contributed by atoms with Gasteiger partial charge in [0.25, 0.3) is 0 Å². The summed E-state index contributed by atoms with van der Waals surface area (Å²) >= 11 is 0. The van der Waals surface area contributed by atoms with Crippen LogP contribution in [0.4, 0.5) is 4.79 Å². The van der Waals surface area contributed by atoms with E-state index >= 15 is 4.79 Å². The summed E-state index contributed by atoms with van der Waals surface area (Å²) in [7, 11) is 5.00. The van der Waals surface area contributed by atoms with Gasteiger partial charge in [-0.05, 0) is 81.0 Å². The second-order valence-electron chi connectivity index (χ2n) is 24.4. The smallest absolute Gasteiger partial charge is 0.407 e. The van der Waals surface area contributed by atoms with Gasteiger partial charge < -0.3 is 34.1 Å². The lowest BCUT2D eigenvalue weighted by molar-refractivity contribution is -0.149. The zero-order valence-corrected chi connectivity index (χ0v) is 51.8. The number of carbonyl (C=O) groups excluding carboxylic acids is 2. The third-order valence-corrected chi connectivity index (χ3v) is 17.9. The molecule has 0 aliphatic carbocycles. The topological polar surface area (TPSA) is 89.6 Å². The van der Waals surface area contributed by atoms with E-state index in [1.165, 1.54) is 244 Å². The molecule has 0 aromatic heterocycles. The van der Waals surface area contributed by atoms with E-state index in [4.69, 9.17) is 18.9 Å². The molecule has 2 fully saturated rings. The van der Waals surface area contributed by atoms with E-state index in [-0.39, 0.29) is 6.04 Å². The molecule has 2 aliphatic rings. The zero-order chi connectivity index (χ0) is 56.1. The molecule has 0 radical (unpaired) electrons. The van der Waals surface area contributed by atoms with Gasteiger partial charge in [0, 0.05) is 26.2 Å². The van der Waals surface area contributed by atoms with Crippen molar-refractivity contribution in [2.24, 2.45) is 5.41 Å². The van der Waals surface area contributed by atoms with E-state index in [2.05, 4.69) is 27.2 Å². The third kappa shape index (κ3) is 30.4. The molecular weight excluding hydrogens is 979 g/mol. The Morgan fingerprint density at radius 2 is 0.899 bits per heavy atom. The van der Waals surface area contributed by atoms with Crippen LogP contribution >= 0.6 is 0 Å². The molecule has 0 saturated carbocycles. The van der Waals surface area contributed by atoms with Gasteiger partial charge in [-0.1, -0.05) is 269 Å². The van der Waals surface area contributed by atoms with Gasteiger partial charge in [0.2, 0.25) is 5.91 Å². The average molecular weight is 1100 g/mol. The number of likely N-dealkylation sites (tertiary alicyclic amines) is 1. The number of alkyl carbamates (subject to hydrolysis) is 1. The molecule has 2 saturated heterocycles. The Balaban J connectivity index is 1.40. The van der Waals surface area contributed by atoms with Crippen LogP contribution in [0.15, 0.2) is 42.5 Å². The molecule has 9 nitrogen and oxygen atoms in total. The summed E-state index contributed by atoms with van der Waals surface area (Å²) in [4.78, 5) is 33.2. The average Bonchev–Trinajstić information content (AvgIpc) is 3.48. The summed E-state index contributed by atoms with van der Waals surface area (Å²) in [6, 6.07) is 13.8. The second kappa shape index (κ2) is 45.1. The molecule has 4 rings (SSSR count). The molecule has 2 heterocycles. The Bertz CT molecular complexity index is 1790. The largest absolute Gasteiger partial charge is 0.497 e. The number of carbonyl (C=O) groups is 2. The van der Waals surface area contributed by atoms with Crippen LogP contribution in [0.5, 0.6) is 17.2 Å². The number of nitrogens with one attached hydrogen (secondary N) is 1. The molecular formula is C70H121N3O6. The van der Waals surface area contributed by atoms with Gasteiger partial charge in [0.15, 0.2) is 11.5 Å². The molecule has 1 N–H and O–H groups in total. The van der Waals surface area contributed by atoms with Crippen LogP contribution in [-0.2, 0) is 16.1 Å². The number of hydrogen-bond acceptors (Lipinski definition) is 7. The number of methoxy groups -OCH3 is 3. The molecule has 9 heteroatoms. The highest BCUT2D eigenvalue weighted by molar-refractivity contribution is 5.84. The predicted molar refractivity (Wildman–Crippen MR) is 333 cm³/mol. The third-order valence-electron chi connectivity index (χ3n) is 17.9. The standard InChI is InChI=1S/C70H121N3O6/c1-5-79-69(75)71-65(63-49-52-66(77-3)67(59-63)78-4)53-58-72-56-45-43-41-39-37-35-33-31-29-27-25-23-21-19-17-15-13-11-9-7-6-8-10-12-14-16-18-20-22-24-26-28-30-32-34-36-38-40-42-44-54-70(61-72)55-46-57-73(68(70)74)60-62-47-50-64(76-2)51-48-62/h47-52,59,65H,5-46,53-58,60-61H2,1-4H3,(H,71,75). The van der Waals surface area contributed by atoms with Gasteiger partial charge in [-0.2, -0.15) is 0 Å². The van der Waals surface area contributed by atoms with Crippen molar-refractivity contribution >= 4 is 12.0 Å². The van der Waals surface area contributed by atoms with E-state index in [1.807, 2.05) is 37.3 Å². The maximum atomic E-state index is 15.3. The Kier molecular flexibility index (Phi) is 38.8. The number of benzene rings is 2. The lowest BCUT2D eigenvalue weighted by Crippen LogP contribution is -2.54. The van der Waals surface area contributed by atoms with E-state index < -0.39 is 11.5 Å². The first kappa shape index (κ1) is 68.0. The molecule has 2 amide bonds. The lowest BCUT2D eigenvalue weighted by Gasteiger charge is -2.45. The summed E-state index contributed by atoms with van der Waals surface area (Å²) in [5.41, 5.74) is 1.63. The zero-order valence-electron chi connectivity index (χ0n) is 51.8. The lowest BCUT2D eigenvalue weighted by atomic mass is 9.74. The molecule has 2 aromatic rings. The molecule has 2 aliphatic heterocycles. The number of piperidine rings is 1. The van der Waals surface area contributed by atoms with Crippen LogP contribution in [0, 0.1) is 5.41 Å². The van der Waals surface area contributed by atoms with Crippen LogP contribution < -0.4 is 19.5 Å². The Morgan fingerprint density at radius 1 is 0.494 bits per heavy atom. The monoisotopic (exact) mass is 1100 g/mol. The van der Waals surface area contributed by atoms with Crippen molar-refractivity contribution < 1.29 is 28.5 Å². The van der Waals surface area contributed by atoms with Crippen molar-refractivity contribution in [1.29, 1.82) is 0 Å². The van der Waals surface area contributed by atoms with Crippen LogP contribution in [-0.4, -0.2) is 75.9 Å². The van der Waals surface area contributed by atoms with E-state index in [0.29, 0.717) is 37.0 Å². The van der Waals surface area contributed by atoms with Crippen LogP contribution in [0.3, 0.4) is 0 Å². The highest BCUT2D eigenvalue weighted by Gasteiger charge is 2.44. The quantitative estimate of drug-likeness (QED) is 0.240. The minimum Gasteiger partial charge on any atom is -0.497 e. The fourth-order valence-electron chi connectivity index (χ4n) is 12.9. The highest BCUT2D eigenvalue weighted by Crippen LogP contribution is 2.39. The Hall–Kier alpha value is -3.46. The predicted octanol–water partition coefficient (Wildman–Crippen LogP) is 20.0. The molecule has 2 unspecified atom stereocenters. The van der Waals surface area contributed by atoms with Gasteiger partial charge >= 0.3 is 6.09 Å². The Labute approximate surface area is 485 Å². The summed E-state index contributed by atoms with van der Waals surface area (Å²) in [5, 5.41) is 3.19. The SMILES string of the molecule is CCOC(=O)NC(CCN1CCCCCCCCCCCCCCCCCCCCCCCCCCCCCCCCCCCCCCCCCCC2(CCCN(Cc3ccc(OC)cc3)C2=O)C1)c1ccc(OC)c(OC)c1. The fraction of sp³-hybridized carbons (Fsp3) is 0.800. The first-order valence-electron chi connectivity index (χ1n) is 33.7. The van der Waals surface area contributed by atoms with Gasteiger partial charge in [-0.3, -0.25) is 4.79 Å². The van der Waals surface area contributed by atoms with Crippen LogP contribution in [0.25, 0.3) is 0 Å². The minimum absolute atomic E-state index is 0.300. The van der Waals surface area contributed by atoms with E-state index in [0.717, 1.165) is 75.2 Å². The summed E-state index contributed by atoms with van der Waals surface area (Å²) in [6.45, 7) is 5.97. The highest BCUT2D eigenvalue weighted by atomic mass is 16.5. The van der Waals surface area contributed by atoms with Gasteiger partial charge in [-0.15, -0.1) is 0 Å². The van der Waals surface area contributed by atoms with Crippen molar-refractivity contribution in [1.82, 2.24) is 15.1 Å². The van der Waals surface area contributed by atoms with E-state index in [1.54, 1.807) is 21.3 Å². The fourth-order valence-corrected chi connectivity index (χ4v) is 12.9. The van der Waals surface area contributed by atoms with E-state index in [9.17, 15) is 4.79 Å². The van der Waals surface area contributed by atoms with Crippen molar-refractivity contribution in [2.75, 3.05) is 54.1 Å². The maximum Gasteiger partial charge on any atom is 0.407 e. The first-order chi connectivity index (χ1) is 38.9.